The van der Waals surface area contributed by atoms with Gasteiger partial charge in [-0.05, 0) is 11.8 Å². The van der Waals surface area contributed by atoms with Crippen LogP contribution >= 0.6 is 0 Å². The largest absolute Gasteiger partial charge is 0.0654 e. The molecule has 0 spiro atoms. The standard InChI is InChI=1S/C14H29/c1-5-6-7-8-9-10-14(4)12-11-13(2)3/h13-14H,4-12H2,1-3H3. The first-order valence-electron chi connectivity index (χ1n) is 6.49. The molecule has 0 N–H and O–H groups in total. The zero-order chi connectivity index (χ0) is 10.8. The van der Waals surface area contributed by atoms with Crippen LogP contribution in [0.25, 0.3) is 0 Å². The number of unbranched alkanes of at least 4 members (excludes halogenated alkanes) is 4. The minimum atomic E-state index is 0.707. The second-order valence-electron chi connectivity index (χ2n) is 5.04. The summed E-state index contributed by atoms with van der Waals surface area (Å²) in [5.74, 6) is 1.55. The maximum Gasteiger partial charge on any atom is -0.0414 e. The molecule has 0 fully saturated rings. The van der Waals surface area contributed by atoms with Crippen molar-refractivity contribution >= 4 is 0 Å². The second-order valence-corrected chi connectivity index (χ2v) is 5.04. The lowest BCUT2D eigenvalue weighted by molar-refractivity contribution is 0.439. The highest BCUT2D eigenvalue weighted by atomic mass is 14.1. The molecular formula is C14H29. The van der Waals surface area contributed by atoms with E-state index in [1.807, 2.05) is 0 Å². The van der Waals surface area contributed by atoms with Crippen LogP contribution in [0.2, 0.25) is 0 Å². The van der Waals surface area contributed by atoms with E-state index < -0.39 is 0 Å². The fourth-order valence-electron chi connectivity index (χ4n) is 1.75. The van der Waals surface area contributed by atoms with E-state index in [1.165, 1.54) is 51.4 Å². The molecule has 0 aliphatic heterocycles. The summed E-state index contributed by atoms with van der Waals surface area (Å²) in [5.41, 5.74) is 0. The van der Waals surface area contributed by atoms with Gasteiger partial charge in [0.05, 0.1) is 0 Å². The zero-order valence-electron chi connectivity index (χ0n) is 10.5. The van der Waals surface area contributed by atoms with Gasteiger partial charge in [-0.3, -0.25) is 0 Å². The van der Waals surface area contributed by atoms with Crippen LogP contribution in [0.1, 0.15) is 72.1 Å². The quantitative estimate of drug-likeness (QED) is 0.444. The van der Waals surface area contributed by atoms with E-state index in [0.29, 0.717) is 5.92 Å². The lowest BCUT2D eigenvalue weighted by Crippen LogP contribution is -1.98. The molecule has 0 aromatic carbocycles. The van der Waals surface area contributed by atoms with Gasteiger partial charge >= 0.3 is 0 Å². The molecule has 85 valence electrons. The molecule has 0 rings (SSSR count). The van der Waals surface area contributed by atoms with Crippen molar-refractivity contribution in [3.8, 4) is 0 Å². The maximum absolute atomic E-state index is 4.23. The molecule has 0 aliphatic carbocycles. The monoisotopic (exact) mass is 197 g/mol. The second kappa shape index (κ2) is 9.55. The fraction of sp³-hybridized carbons (Fsp3) is 0.929. The highest BCUT2D eigenvalue weighted by Crippen LogP contribution is 2.17. The van der Waals surface area contributed by atoms with E-state index in [4.69, 9.17) is 0 Å². The van der Waals surface area contributed by atoms with Gasteiger partial charge in [0.15, 0.2) is 0 Å². The third-order valence-electron chi connectivity index (χ3n) is 2.87. The van der Waals surface area contributed by atoms with Gasteiger partial charge in [-0.25, -0.2) is 0 Å². The van der Waals surface area contributed by atoms with Crippen molar-refractivity contribution in [1.29, 1.82) is 0 Å². The predicted molar refractivity (Wildman–Crippen MR) is 66.3 cm³/mol. The minimum absolute atomic E-state index is 0.707. The van der Waals surface area contributed by atoms with Gasteiger partial charge in [-0.15, -0.1) is 0 Å². The molecule has 0 saturated heterocycles. The molecule has 1 unspecified atom stereocenters. The Morgan fingerprint density at radius 2 is 1.50 bits per heavy atom. The molecule has 0 saturated carbocycles. The van der Waals surface area contributed by atoms with E-state index in [9.17, 15) is 0 Å². The Balaban J connectivity index is 3.14. The first kappa shape index (κ1) is 14.0. The molecule has 0 amide bonds. The Bertz CT molecular complexity index is 105. The third-order valence-corrected chi connectivity index (χ3v) is 2.87. The van der Waals surface area contributed by atoms with E-state index in [-0.39, 0.29) is 0 Å². The molecule has 0 heterocycles. The average molecular weight is 197 g/mol. The summed E-state index contributed by atoms with van der Waals surface area (Å²) in [4.78, 5) is 0. The van der Waals surface area contributed by atoms with Crippen molar-refractivity contribution in [2.75, 3.05) is 0 Å². The van der Waals surface area contributed by atoms with Crippen LogP contribution in [0.4, 0.5) is 0 Å². The Morgan fingerprint density at radius 1 is 0.857 bits per heavy atom. The van der Waals surface area contributed by atoms with Gasteiger partial charge in [0.1, 0.15) is 0 Å². The number of hydrogen-bond donors (Lipinski definition) is 0. The molecule has 0 aromatic rings. The predicted octanol–water partition coefficient (Wildman–Crippen LogP) is 5.23. The SMILES string of the molecule is [CH2]C(CCCCCCC)CCC(C)C. The summed E-state index contributed by atoms with van der Waals surface area (Å²) in [6.07, 6.45) is 11.0. The van der Waals surface area contributed by atoms with Crippen molar-refractivity contribution in [3.05, 3.63) is 6.92 Å². The van der Waals surface area contributed by atoms with Crippen LogP contribution in [0.15, 0.2) is 0 Å². The fourth-order valence-corrected chi connectivity index (χ4v) is 1.75. The number of hydrogen-bond acceptors (Lipinski definition) is 0. The zero-order valence-corrected chi connectivity index (χ0v) is 10.5. The smallest absolute Gasteiger partial charge is 0.0414 e. The Morgan fingerprint density at radius 3 is 2.07 bits per heavy atom. The first-order valence-corrected chi connectivity index (χ1v) is 6.49. The third kappa shape index (κ3) is 10.1. The molecule has 1 atom stereocenters. The summed E-state index contributed by atoms with van der Waals surface area (Å²) >= 11 is 0. The van der Waals surface area contributed by atoms with Crippen LogP contribution in [-0.2, 0) is 0 Å². The van der Waals surface area contributed by atoms with Crippen LogP contribution in [0.3, 0.4) is 0 Å². The van der Waals surface area contributed by atoms with Gasteiger partial charge in [0, 0.05) is 0 Å². The average Bonchev–Trinajstić information content (AvgIpc) is 2.14. The van der Waals surface area contributed by atoms with Crippen LogP contribution in [-0.4, -0.2) is 0 Å². The molecule has 0 bridgehead atoms. The molecule has 14 heavy (non-hydrogen) atoms. The lowest BCUT2D eigenvalue weighted by atomic mass is 9.94. The molecule has 0 aromatic heterocycles. The van der Waals surface area contributed by atoms with Gasteiger partial charge < -0.3 is 0 Å². The Kier molecular flexibility index (Phi) is 9.55. The van der Waals surface area contributed by atoms with Crippen LogP contribution in [0, 0.1) is 18.8 Å². The summed E-state index contributed by atoms with van der Waals surface area (Å²) in [6.45, 7) is 11.1. The van der Waals surface area contributed by atoms with Gasteiger partial charge in [-0.1, -0.05) is 79.1 Å². The van der Waals surface area contributed by atoms with Crippen LogP contribution < -0.4 is 0 Å². The number of rotatable bonds is 9. The molecule has 0 nitrogen and oxygen atoms in total. The van der Waals surface area contributed by atoms with Crippen molar-refractivity contribution in [2.45, 2.75) is 72.1 Å². The first-order chi connectivity index (χ1) is 6.66. The van der Waals surface area contributed by atoms with Gasteiger partial charge in [0.25, 0.3) is 0 Å². The summed E-state index contributed by atoms with van der Waals surface area (Å²) in [5, 5.41) is 0. The van der Waals surface area contributed by atoms with Crippen LogP contribution in [0.5, 0.6) is 0 Å². The molecule has 0 heteroatoms. The van der Waals surface area contributed by atoms with Gasteiger partial charge in [0.2, 0.25) is 0 Å². The van der Waals surface area contributed by atoms with Crippen molar-refractivity contribution in [3.63, 3.8) is 0 Å². The topological polar surface area (TPSA) is 0 Å². The van der Waals surface area contributed by atoms with Crippen molar-refractivity contribution < 1.29 is 0 Å². The van der Waals surface area contributed by atoms with E-state index in [2.05, 4.69) is 27.7 Å². The lowest BCUT2D eigenvalue weighted by Gasteiger charge is -2.12. The van der Waals surface area contributed by atoms with E-state index in [0.717, 1.165) is 5.92 Å². The van der Waals surface area contributed by atoms with Gasteiger partial charge in [-0.2, -0.15) is 0 Å². The minimum Gasteiger partial charge on any atom is -0.0654 e. The molecule has 0 aliphatic rings. The highest BCUT2D eigenvalue weighted by Gasteiger charge is 2.03. The van der Waals surface area contributed by atoms with Crippen molar-refractivity contribution in [2.24, 2.45) is 11.8 Å². The summed E-state index contributed by atoms with van der Waals surface area (Å²) < 4.78 is 0. The maximum atomic E-state index is 4.23. The molecular weight excluding hydrogens is 168 g/mol. The summed E-state index contributed by atoms with van der Waals surface area (Å²) in [7, 11) is 0. The highest BCUT2D eigenvalue weighted by molar-refractivity contribution is 4.62. The van der Waals surface area contributed by atoms with E-state index in [1.54, 1.807) is 0 Å². The van der Waals surface area contributed by atoms with Crippen molar-refractivity contribution in [1.82, 2.24) is 0 Å². The molecule has 1 radical (unpaired) electrons. The Hall–Kier alpha value is 0. The summed E-state index contributed by atoms with van der Waals surface area (Å²) in [6, 6.07) is 0. The normalized spacial score (nSPS) is 13.5. The van der Waals surface area contributed by atoms with E-state index >= 15 is 0 Å². The Labute approximate surface area is 91.5 Å².